The van der Waals surface area contributed by atoms with Crippen molar-refractivity contribution >= 4 is 11.7 Å². The van der Waals surface area contributed by atoms with E-state index in [0.717, 1.165) is 16.9 Å². The Morgan fingerprint density at radius 3 is 2.60 bits per heavy atom. The summed E-state index contributed by atoms with van der Waals surface area (Å²) >= 11 is 0. The Balaban J connectivity index is 1.40. The molecule has 0 aliphatic carbocycles. The fraction of sp³-hybridized carbons (Fsp3) is 0.318. The van der Waals surface area contributed by atoms with E-state index in [9.17, 15) is 4.79 Å². The summed E-state index contributed by atoms with van der Waals surface area (Å²) in [6, 6.07) is 12.9. The van der Waals surface area contributed by atoms with E-state index in [4.69, 9.17) is 14.0 Å². The molecule has 2 amide bonds. The smallest absolute Gasteiger partial charge is 0.322 e. The zero-order valence-electron chi connectivity index (χ0n) is 17.2. The van der Waals surface area contributed by atoms with Crippen LogP contribution in [0.15, 0.2) is 47.0 Å². The first-order valence-electron chi connectivity index (χ1n) is 9.92. The van der Waals surface area contributed by atoms with E-state index in [1.54, 1.807) is 4.90 Å². The van der Waals surface area contributed by atoms with Crippen molar-refractivity contribution in [2.24, 2.45) is 0 Å². The molecule has 156 valence electrons. The third kappa shape index (κ3) is 4.22. The van der Waals surface area contributed by atoms with E-state index in [1.165, 1.54) is 0 Å². The standard InChI is InChI=1S/C22H24N4O4/c1-4-26(12-15-5-10-18-19(11-15)29-13-28-18)22(27)23-17-8-6-16(7-9-17)21-24-20(14(2)3)25-30-21/h5-11,14H,4,12-13H2,1-3H3,(H,23,27). The molecule has 0 spiro atoms. The molecule has 2 heterocycles. The van der Waals surface area contributed by atoms with Gasteiger partial charge in [-0.15, -0.1) is 0 Å². The lowest BCUT2D eigenvalue weighted by molar-refractivity contribution is 0.174. The number of amides is 2. The number of anilines is 1. The molecular formula is C22H24N4O4. The lowest BCUT2D eigenvalue weighted by Gasteiger charge is -2.21. The predicted octanol–water partition coefficient (Wildman–Crippen LogP) is 4.64. The molecule has 0 unspecified atom stereocenters. The van der Waals surface area contributed by atoms with E-state index >= 15 is 0 Å². The second-order valence-corrected chi connectivity index (χ2v) is 7.32. The summed E-state index contributed by atoms with van der Waals surface area (Å²) < 4.78 is 16.1. The minimum Gasteiger partial charge on any atom is -0.454 e. The maximum Gasteiger partial charge on any atom is 0.322 e. The molecule has 8 nitrogen and oxygen atoms in total. The van der Waals surface area contributed by atoms with Crippen LogP contribution in [0.2, 0.25) is 0 Å². The molecule has 1 aliphatic heterocycles. The number of ether oxygens (including phenoxy) is 2. The summed E-state index contributed by atoms with van der Waals surface area (Å²) in [6.45, 7) is 7.23. The van der Waals surface area contributed by atoms with Gasteiger partial charge in [0, 0.05) is 30.3 Å². The monoisotopic (exact) mass is 408 g/mol. The molecule has 4 rings (SSSR count). The number of urea groups is 1. The van der Waals surface area contributed by atoms with Gasteiger partial charge in [-0.05, 0) is 48.9 Å². The third-order valence-corrected chi connectivity index (χ3v) is 4.82. The van der Waals surface area contributed by atoms with Crippen LogP contribution in [0, 0.1) is 0 Å². The Morgan fingerprint density at radius 1 is 1.13 bits per heavy atom. The molecule has 1 aliphatic rings. The van der Waals surface area contributed by atoms with Gasteiger partial charge in [0.1, 0.15) is 0 Å². The van der Waals surface area contributed by atoms with Gasteiger partial charge < -0.3 is 24.2 Å². The Bertz CT molecular complexity index is 1030. The number of nitrogens with zero attached hydrogens (tertiary/aromatic N) is 3. The van der Waals surface area contributed by atoms with Crippen LogP contribution in [0.3, 0.4) is 0 Å². The molecule has 1 N–H and O–H groups in total. The SMILES string of the molecule is CCN(Cc1ccc2c(c1)OCO2)C(=O)Nc1ccc(-c2nc(C(C)C)no2)cc1. The zero-order chi connectivity index (χ0) is 21.1. The highest BCUT2D eigenvalue weighted by molar-refractivity contribution is 5.89. The quantitative estimate of drug-likeness (QED) is 0.639. The summed E-state index contributed by atoms with van der Waals surface area (Å²) in [6.07, 6.45) is 0. The van der Waals surface area contributed by atoms with E-state index in [1.807, 2.05) is 63.2 Å². The van der Waals surface area contributed by atoms with Gasteiger partial charge in [0.05, 0.1) is 0 Å². The number of carbonyl (C=O) groups is 1. The molecule has 1 aromatic heterocycles. The zero-order valence-corrected chi connectivity index (χ0v) is 17.2. The van der Waals surface area contributed by atoms with Gasteiger partial charge >= 0.3 is 6.03 Å². The number of hydrogen-bond acceptors (Lipinski definition) is 6. The van der Waals surface area contributed by atoms with Crippen molar-refractivity contribution < 1.29 is 18.8 Å². The maximum atomic E-state index is 12.7. The lowest BCUT2D eigenvalue weighted by atomic mass is 10.2. The first kappa shape index (κ1) is 19.8. The largest absolute Gasteiger partial charge is 0.454 e. The summed E-state index contributed by atoms with van der Waals surface area (Å²) in [7, 11) is 0. The number of hydrogen-bond donors (Lipinski definition) is 1. The summed E-state index contributed by atoms with van der Waals surface area (Å²) in [4.78, 5) is 18.8. The molecule has 0 saturated carbocycles. The summed E-state index contributed by atoms with van der Waals surface area (Å²) in [5.41, 5.74) is 2.47. The minimum atomic E-state index is -0.178. The van der Waals surface area contributed by atoms with Gasteiger partial charge in [0.15, 0.2) is 17.3 Å². The van der Waals surface area contributed by atoms with Crippen molar-refractivity contribution in [1.82, 2.24) is 15.0 Å². The highest BCUT2D eigenvalue weighted by Crippen LogP contribution is 2.32. The van der Waals surface area contributed by atoms with Crippen LogP contribution in [0.25, 0.3) is 11.5 Å². The second-order valence-electron chi connectivity index (χ2n) is 7.32. The highest BCUT2D eigenvalue weighted by Gasteiger charge is 2.17. The molecule has 8 heteroatoms. The maximum absolute atomic E-state index is 12.7. The van der Waals surface area contributed by atoms with Gasteiger partial charge in [0.2, 0.25) is 6.79 Å². The number of benzene rings is 2. The minimum absolute atomic E-state index is 0.178. The number of aromatic nitrogens is 2. The van der Waals surface area contributed by atoms with E-state index in [2.05, 4.69) is 15.5 Å². The molecule has 30 heavy (non-hydrogen) atoms. The Morgan fingerprint density at radius 2 is 1.90 bits per heavy atom. The summed E-state index contributed by atoms with van der Waals surface area (Å²) in [5, 5.41) is 6.91. The third-order valence-electron chi connectivity index (χ3n) is 4.82. The molecular weight excluding hydrogens is 384 g/mol. The number of fused-ring (bicyclic) bond motifs is 1. The Labute approximate surface area is 174 Å². The van der Waals surface area contributed by atoms with Crippen molar-refractivity contribution in [3.63, 3.8) is 0 Å². The lowest BCUT2D eigenvalue weighted by Crippen LogP contribution is -2.34. The Hall–Kier alpha value is -3.55. The molecule has 0 bridgehead atoms. The van der Waals surface area contributed by atoms with Crippen LogP contribution in [0.1, 0.15) is 38.1 Å². The number of carbonyl (C=O) groups excluding carboxylic acids is 1. The average Bonchev–Trinajstić information content (AvgIpc) is 3.42. The molecule has 0 atom stereocenters. The topological polar surface area (TPSA) is 89.7 Å². The van der Waals surface area contributed by atoms with Crippen molar-refractivity contribution in [1.29, 1.82) is 0 Å². The summed E-state index contributed by atoms with van der Waals surface area (Å²) in [5.74, 6) is 2.78. The molecule has 0 fully saturated rings. The van der Waals surface area contributed by atoms with Gasteiger partial charge in [-0.25, -0.2) is 4.79 Å². The van der Waals surface area contributed by atoms with Crippen LogP contribution < -0.4 is 14.8 Å². The van der Waals surface area contributed by atoms with Crippen LogP contribution in [-0.2, 0) is 6.54 Å². The van der Waals surface area contributed by atoms with Crippen molar-refractivity contribution in [3.8, 4) is 23.0 Å². The van der Waals surface area contributed by atoms with Crippen LogP contribution >= 0.6 is 0 Å². The van der Waals surface area contributed by atoms with Crippen molar-refractivity contribution in [2.45, 2.75) is 33.2 Å². The van der Waals surface area contributed by atoms with Crippen LogP contribution in [0.4, 0.5) is 10.5 Å². The molecule has 3 aromatic rings. The average molecular weight is 408 g/mol. The van der Waals surface area contributed by atoms with Crippen molar-refractivity contribution in [3.05, 3.63) is 53.9 Å². The van der Waals surface area contributed by atoms with E-state index < -0.39 is 0 Å². The fourth-order valence-electron chi connectivity index (χ4n) is 3.07. The van der Waals surface area contributed by atoms with Crippen LogP contribution in [0.5, 0.6) is 11.5 Å². The number of rotatable bonds is 6. The van der Waals surface area contributed by atoms with Gasteiger partial charge in [0.25, 0.3) is 5.89 Å². The molecule has 0 radical (unpaired) electrons. The first-order valence-corrected chi connectivity index (χ1v) is 9.92. The molecule has 2 aromatic carbocycles. The molecule has 0 saturated heterocycles. The van der Waals surface area contributed by atoms with Crippen LogP contribution in [-0.4, -0.2) is 34.4 Å². The highest BCUT2D eigenvalue weighted by atomic mass is 16.7. The van der Waals surface area contributed by atoms with E-state index in [0.29, 0.717) is 36.2 Å². The van der Waals surface area contributed by atoms with Gasteiger partial charge in [-0.3, -0.25) is 0 Å². The fourth-order valence-corrected chi connectivity index (χ4v) is 3.07. The van der Waals surface area contributed by atoms with Gasteiger partial charge in [-0.2, -0.15) is 4.98 Å². The second kappa shape index (κ2) is 8.44. The van der Waals surface area contributed by atoms with Gasteiger partial charge in [-0.1, -0.05) is 25.1 Å². The number of nitrogens with one attached hydrogen (secondary N) is 1. The van der Waals surface area contributed by atoms with Crippen molar-refractivity contribution in [2.75, 3.05) is 18.7 Å². The van der Waals surface area contributed by atoms with E-state index in [-0.39, 0.29) is 18.7 Å². The Kier molecular flexibility index (Phi) is 5.56. The first-order chi connectivity index (χ1) is 14.5. The predicted molar refractivity (Wildman–Crippen MR) is 111 cm³/mol. The normalized spacial score (nSPS) is 12.3.